The molecule has 0 radical (unpaired) electrons. The van der Waals surface area contributed by atoms with E-state index in [4.69, 9.17) is 4.74 Å². The maximum atomic E-state index is 12.4. The quantitative estimate of drug-likeness (QED) is 0.941. The van der Waals surface area contributed by atoms with Crippen LogP contribution in [0.25, 0.3) is 0 Å². The van der Waals surface area contributed by atoms with Gasteiger partial charge in [0.25, 0.3) is 5.91 Å². The molecule has 2 heterocycles. The SMILES string of the molecule is Cc1cc(NC(=O)[C@@H]2CN(Cc3ccccc3)CCO2)ccn1. The first kappa shape index (κ1) is 15.6. The Bertz CT molecular complexity index is 660. The summed E-state index contributed by atoms with van der Waals surface area (Å²) in [6.07, 6.45) is 1.25. The van der Waals surface area contributed by atoms with E-state index in [2.05, 4.69) is 27.3 Å². The van der Waals surface area contributed by atoms with Crippen LogP contribution in [0.2, 0.25) is 0 Å². The number of anilines is 1. The van der Waals surface area contributed by atoms with Crippen molar-refractivity contribution in [2.75, 3.05) is 25.0 Å². The molecule has 2 aromatic rings. The minimum atomic E-state index is -0.444. The van der Waals surface area contributed by atoms with Gasteiger partial charge in [0, 0.05) is 37.2 Å². The van der Waals surface area contributed by atoms with E-state index in [9.17, 15) is 4.79 Å². The molecule has 1 aliphatic rings. The van der Waals surface area contributed by atoms with Crippen LogP contribution in [0.1, 0.15) is 11.3 Å². The zero-order valence-corrected chi connectivity index (χ0v) is 13.2. The van der Waals surface area contributed by atoms with Crippen molar-refractivity contribution in [3.63, 3.8) is 0 Å². The second kappa shape index (κ2) is 7.35. The number of morpholine rings is 1. The molecule has 3 rings (SSSR count). The van der Waals surface area contributed by atoms with Gasteiger partial charge < -0.3 is 10.1 Å². The second-order valence-electron chi connectivity index (χ2n) is 5.76. The molecule has 0 spiro atoms. The van der Waals surface area contributed by atoms with Crippen LogP contribution in [0.4, 0.5) is 5.69 Å². The van der Waals surface area contributed by atoms with E-state index in [0.717, 1.165) is 24.5 Å². The monoisotopic (exact) mass is 311 g/mol. The molecule has 1 saturated heterocycles. The first-order chi connectivity index (χ1) is 11.2. The molecule has 0 saturated carbocycles. The van der Waals surface area contributed by atoms with E-state index < -0.39 is 6.10 Å². The standard InChI is InChI=1S/C18H21N3O2/c1-14-11-16(7-8-19-14)20-18(22)17-13-21(9-10-23-17)12-15-5-3-2-4-6-15/h2-8,11,17H,9-10,12-13H2,1H3,(H,19,20,22)/t17-/m0/s1. The van der Waals surface area contributed by atoms with E-state index in [-0.39, 0.29) is 5.91 Å². The van der Waals surface area contributed by atoms with E-state index in [1.54, 1.807) is 12.3 Å². The summed E-state index contributed by atoms with van der Waals surface area (Å²) in [5, 5.41) is 2.91. The van der Waals surface area contributed by atoms with Crippen molar-refractivity contribution in [2.24, 2.45) is 0 Å². The molecule has 1 N–H and O–H groups in total. The van der Waals surface area contributed by atoms with Crippen LogP contribution in [0.5, 0.6) is 0 Å². The first-order valence-corrected chi connectivity index (χ1v) is 7.82. The molecule has 5 heteroatoms. The highest BCUT2D eigenvalue weighted by atomic mass is 16.5. The van der Waals surface area contributed by atoms with Crippen molar-refractivity contribution in [3.05, 3.63) is 59.9 Å². The largest absolute Gasteiger partial charge is 0.366 e. The van der Waals surface area contributed by atoms with Gasteiger partial charge in [-0.25, -0.2) is 0 Å². The minimum absolute atomic E-state index is 0.103. The lowest BCUT2D eigenvalue weighted by Crippen LogP contribution is -2.47. The van der Waals surface area contributed by atoms with Crippen LogP contribution in [0.15, 0.2) is 48.7 Å². The van der Waals surface area contributed by atoms with Crippen LogP contribution >= 0.6 is 0 Å². The van der Waals surface area contributed by atoms with Crippen molar-refractivity contribution >= 4 is 11.6 Å². The molecule has 1 atom stereocenters. The van der Waals surface area contributed by atoms with E-state index in [1.165, 1.54) is 5.56 Å². The van der Waals surface area contributed by atoms with Crippen LogP contribution in [0.3, 0.4) is 0 Å². The molecule has 1 amide bonds. The Hall–Kier alpha value is -2.24. The number of nitrogens with zero attached hydrogens (tertiary/aromatic N) is 2. The van der Waals surface area contributed by atoms with Gasteiger partial charge >= 0.3 is 0 Å². The summed E-state index contributed by atoms with van der Waals surface area (Å²) < 4.78 is 5.64. The molecule has 23 heavy (non-hydrogen) atoms. The topological polar surface area (TPSA) is 54.5 Å². The Labute approximate surface area is 136 Å². The van der Waals surface area contributed by atoms with Crippen molar-refractivity contribution < 1.29 is 9.53 Å². The zero-order chi connectivity index (χ0) is 16.1. The number of pyridine rings is 1. The number of benzene rings is 1. The van der Waals surface area contributed by atoms with Gasteiger partial charge in [-0.1, -0.05) is 30.3 Å². The van der Waals surface area contributed by atoms with Gasteiger partial charge in [-0.15, -0.1) is 0 Å². The molecular weight excluding hydrogens is 290 g/mol. The van der Waals surface area contributed by atoms with E-state index in [1.807, 2.05) is 31.2 Å². The normalized spacial score (nSPS) is 18.6. The Morgan fingerprint density at radius 2 is 2.17 bits per heavy atom. The molecule has 1 aromatic carbocycles. The number of aryl methyl sites for hydroxylation is 1. The van der Waals surface area contributed by atoms with Crippen molar-refractivity contribution in [2.45, 2.75) is 19.6 Å². The summed E-state index contributed by atoms with van der Waals surface area (Å²) in [5.74, 6) is -0.103. The van der Waals surface area contributed by atoms with Gasteiger partial charge in [0.1, 0.15) is 6.10 Å². The fourth-order valence-corrected chi connectivity index (χ4v) is 2.69. The average Bonchev–Trinajstić information content (AvgIpc) is 2.56. The predicted molar refractivity (Wildman–Crippen MR) is 89.1 cm³/mol. The van der Waals surface area contributed by atoms with Gasteiger partial charge in [0.2, 0.25) is 0 Å². The molecule has 0 unspecified atom stereocenters. The number of carbonyl (C=O) groups excluding carboxylic acids is 1. The summed E-state index contributed by atoms with van der Waals surface area (Å²) in [6, 6.07) is 13.9. The maximum Gasteiger partial charge on any atom is 0.254 e. The van der Waals surface area contributed by atoms with Crippen molar-refractivity contribution in [1.82, 2.24) is 9.88 Å². The van der Waals surface area contributed by atoms with E-state index in [0.29, 0.717) is 13.2 Å². The fourth-order valence-electron chi connectivity index (χ4n) is 2.69. The fraction of sp³-hybridized carbons (Fsp3) is 0.333. The Morgan fingerprint density at radius 3 is 2.96 bits per heavy atom. The Kier molecular flexibility index (Phi) is 5.00. The Morgan fingerprint density at radius 1 is 1.35 bits per heavy atom. The molecule has 1 fully saturated rings. The highest BCUT2D eigenvalue weighted by Gasteiger charge is 2.26. The second-order valence-corrected chi connectivity index (χ2v) is 5.76. The smallest absolute Gasteiger partial charge is 0.254 e. The van der Waals surface area contributed by atoms with Gasteiger partial charge in [-0.2, -0.15) is 0 Å². The lowest BCUT2D eigenvalue weighted by Gasteiger charge is -2.32. The summed E-state index contributed by atoms with van der Waals surface area (Å²) in [6.45, 7) is 4.74. The number of nitrogens with one attached hydrogen (secondary N) is 1. The van der Waals surface area contributed by atoms with Crippen LogP contribution in [0, 0.1) is 6.92 Å². The van der Waals surface area contributed by atoms with Gasteiger partial charge in [-0.05, 0) is 24.6 Å². The molecule has 0 aliphatic carbocycles. The molecule has 0 bridgehead atoms. The number of aromatic nitrogens is 1. The summed E-state index contributed by atoms with van der Waals surface area (Å²) in [5.41, 5.74) is 2.88. The number of hydrogen-bond acceptors (Lipinski definition) is 4. The number of carbonyl (C=O) groups is 1. The number of ether oxygens (including phenoxy) is 1. The molecule has 1 aromatic heterocycles. The highest BCUT2D eigenvalue weighted by molar-refractivity contribution is 5.94. The number of hydrogen-bond donors (Lipinski definition) is 1. The lowest BCUT2D eigenvalue weighted by molar-refractivity contribution is -0.133. The van der Waals surface area contributed by atoms with Crippen LogP contribution < -0.4 is 5.32 Å². The third-order valence-electron chi connectivity index (χ3n) is 3.86. The van der Waals surface area contributed by atoms with Crippen molar-refractivity contribution in [3.8, 4) is 0 Å². The lowest BCUT2D eigenvalue weighted by atomic mass is 10.2. The average molecular weight is 311 g/mol. The molecule has 1 aliphatic heterocycles. The molecule has 5 nitrogen and oxygen atoms in total. The van der Waals surface area contributed by atoms with Gasteiger partial charge in [0.05, 0.1) is 6.61 Å². The predicted octanol–water partition coefficient (Wildman–Crippen LogP) is 2.23. The summed E-state index contributed by atoms with van der Waals surface area (Å²) in [4.78, 5) is 18.8. The Balaban J connectivity index is 1.58. The number of amides is 1. The highest BCUT2D eigenvalue weighted by Crippen LogP contribution is 2.13. The van der Waals surface area contributed by atoms with Gasteiger partial charge in [-0.3, -0.25) is 14.7 Å². The van der Waals surface area contributed by atoms with Gasteiger partial charge in [0.15, 0.2) is 0 Å². The maximum absolute atomic E-state index is 12.4. The summed E-state index contributed by atoms with van der Waals surface area (Å²) in [7, 11) is 0. The first-order valence-electron chi connectivity index (χ1n) is 7.82. The number of rotatable bonds is 4. The third-order valence-corrected chi connectivity index (χ3v) is 3.86. The zero-order valence-electron chi connectivity index (χ0n) is 13.2. The van der Waals surface area contributed by atoms with E-state index >= 15 is 0 Å². The molecule has 120 valence electrons. The van der Waals surface area contributed by atoms with Crippen LogP contribution in [-0.2, 0) is 16.1 Å². The third kappa shape index (κ3) is 4.37. The van der Waals surface area contributed by atoms with Crippen LogP contribution in [-0.4, -0.2) is 41.6 Å². The summed E-state index contributed by atoms with van der Waals surface area (Å²) >= 11 is 0. The molecular formula is C18H21N3O2. The minimum Gasteiger partial charge on any atom is -0.366 e. The van der Waals surface area contributed by atoms with Crippen molar-refractivity contribution in [1.29, 1.82) is 0 Å².